The van der Waals surface area contributed by atoms with Crippen LogP contribution in [0.4, 0.5) is 11.4 Å². The van der Waals surface area contributed by atoms with Gasteiger partial charge in [-0.3, -0.25) is 9.59 Å². The highest BCUT2D eigenvalue weighted by Crippen LogP contribution is 2.30. The van der Waals surface area contributed by atoms with Gasteiger partial charge in [0.1, 0.15) is 11.5 Å². The summed E-state index contributed by atoms with van der Waals surface area (Å²) >= 11 is 0. The maximum Gasteiger partial charge on any atom is 0.224 e. The number of amides is 2. The lowest BCUT2D eigenvalue weighted by atomic mass is 10.2. The minimum atomic E-state index is -0.185. The van der Waals surface area contributed by atoms with E-state index in [-0.39, 0.29) is 24.7 Å². The van der Waals surface area contributed by atoms with E-state index < -0.39 is 0 Å². The van der Waals surface area contributed by atoms with Crippen LogP contribution in [0.5, 0.6) is 23.0 Å². The van der Waals surface area contributed by atoms with Crippen molar-refractivity contribution in [1.82, 2.24) is 0 Å². The van der Waals surface area contributed by atoms with Gasteiger partial charge in [-0.05, 0) is 55.0 Å². The summed E-state index contributed by atoms with van der Waals surface area (Å²) in [4.78, 5) is 25.0. The summed E-state index contributed by atoms with van der Waals surface area (Å²) in [5.41, 5.74) is 1.16. The average Bonchev–Trinajstić information content (AvgIpc) is 2.88. The maximum atomic E-state index is 12.5. The Balaban J connectivity index is 1.27. The highest BCUT2D eigenvalue weighted by molar-refractivity contribution is 5.94. The molecule has 6 nitrogen and oxygen atoms in total. The standard InChI is InChI=1S/C29H26N2O4/c32-28(30-24-16-7-9-18-26(24)34-22-12-3-1-4-13-22)20-11-21-29(33)31-25-17-8-10-19-27(25)35-23-14-5-2-6-15-23/h1-10,12-19H,11,20-21H2,(H,30,32)(H,31,33). The first kappa shape index (κ1) is 23.6. The van der Waals surface area contributed by atoms with Gasteiger partial charge in [0.25, 0.3) is 0 Å². The van der Waals surface area contributed by atoms with Crippen LogP contribution in [0.1, 0.15) is 19.3 Å². The molecule has 6 heteroatoms. The molecule has 0 aliphatic carbocycles. The smallest absolute Gasteiger partial charge is 0.224 e. The van der Waals surface area contributed by atoms with Crippen molar-refractivity contribution < 1.29 is 19.1 Å². The van der Waals surface area contributed by atoms with E-state index in [0.29, 0.717) is 40.8 Å². The van der Waals surface area contributed by atoms with Crippen LogP contribution in [-0.2, 0) is 9.59 Å². The zero-order valence-corrected chi connectivity index (χ0v) is 19.1. The molecule has 0 aliphatic rings. The molecule has 0 atom stereocenters. The lowest BCUT2D eigenvalue weighted by Crippen LogP contribution is -2.15. The second kappa shape index (κ2) is 12.0. The zero-order valence-electron chi connectivity index (χ0n) is 19.1. The first-order valence-electron chi connectivity index (χ1n) is 11.4. The van der Waals surface area contributed by atoms with E-state index in [1.807, 2.05) is 84.9 Å². The SMILES string of the molecule is O=C(CCCC(=O)Nc1ccccc1Oc1ccccc1)Nc1ccccc1Oc1ccccc1. The van der Waals surface area contributed by atoms with Crippen molar-refractivity contribution in [2.24, 2.45) is 0 Å². The summed E-state index contributed by atoms with van der Waals surface area (Å²) in [6.45, 7) is 0. The molecule has 176 valence electrons. The number of nitrogens with one attached hydrogen (secondary N) is 2. The molecule has 0 spiro atoms. The molecule has 4 aromatic rings. The number of hydrogen-bond acceptors (Lipinski definition) is 4. The highest BCUT2D eigenvalue weighted by Gasteiger charge is 2.12. The molecule has 4 rings (SSSR count). The second-order valence-electron chi connectivity index (χ2n) is 7.77. The van der Waals surface area contributed by atoms with E-state index in [4.69, 9.17) is 9.47 Å². The fourth-order valence-corrected chi connectivity index (χ4v) is 3.38. The number of para-hydroxylation sites is 6. The summed E-state index contributed by atoms with van der Waals surface area (Å²) in [6, 6.07) is 33.2. The second-order valence-corrected chi connectivity index (χ2v) is 7.77. The van der Waals surface area contributed by atoms with Gasteiger partial charge in [-0.25, -0.2) is 0 Å². The molecular weight excluding hydrogens is 440 g/mol. The zero-order chi connectivity index (χ0) is 24.3. The Bertz CT molecular complexity index is 1160. The van der Waals surface area contributed by atoms with Gasteiger partial charge in [-0.1, -0.05) is 60.7 Å². The number of benzene rings is 4. The van der Waals surface area contributed by atoms with Crippen LogP contribution in [0.3, 0.4) is 0 Å². The molecule has 0 fully saturated rings. The van der Waals surface area contributed by atoms with Gasteiger partial charge in [0.15, 0.2) is 11.5 Å². The van der Waals surface area contributed by atoms with E-state index in [2.05, 4.69) is 10.6 Å². The third-order valence-corrected chi connectivity index (χ3v) is 5.07. The fraction of sp³-hybridized carbons (Fsp3) is 0.103. The van der Waals surface area contributed by atoms with E-state index in [1.54, 1.807) is 24.3 Å². The van der Waals surface area contributed by atoms with Crippen LogP contribution in [0.2, 0.25) is 0 Å². The van der Waals surface area contributed by atoms with Gasteiger partial charge in [0, 0.05) is 12.8 Å². The molecule has 2 N–H and O–H groups in total. The van der Waals surface area contributed by atoms with Crippen LogP contribution >= 0.6 is 0 Å². The van der Waals surface area contributed by atoms with E-state index in [0.717, 1.165) is 0 Å². The molecule has 0 saturated heterocycles. The Hall–Kier alpha value is -4.58. The largest absolute Gasteiger partial charge is 0.455 e. The predicted molar refractivity (Wildman–Crippen MR) is 137 cm³/mol. The summed E-state index contributed by atoms with van der Waals surface area (Å²) in [5, 5.41) is 5.75. The minimum Gasteiger partial charge on any atom is -0.455 e. The average molecular weight is 467 g/mol. The molecule has 0 bridgehead atoms. The lowest BCUT2D eigenvalue weighted by molar-refractivity contribution is -0.117. The number of anilines is 2. The molecule has 0 heterocycles. The van der Waals surface area contributed by atoms with Crippen molar-refractivity contribution in [2.45, 2.75) is 19.3 Å². The molecular formula is C29H26N2O4. The van der Waals surface area contributed by atoms with E-state index in [1.165, 1.54) is 0 Å². The van der Waals surface area contributed by atoms with Crippen molar-refractivity contribution in [3.8, 4) is 23.0 Å². The Morgan fingerprint density at radius 1 is 0.514 bits per heavy atom. The van der Waals surface area contributed by atoms with Gasteiger partial charge in [0.2, 0.25) is 11.8 Å². The van der Waals surface area contributed by atoms with E-state index >= 15 is 0 Å². The van der Waals surface area contributed by atoms with Crippen molar-refractivity contribution >= 4 is 23.2 Å². The minimum absolute atomic E-state index is 0.185. The number of carbonyl (C=O) groups is 2. The predicted octanol–water partition coefficient (Wildman–Crippen LogP) is 7.02. The normalized spacial score (nSPS) is 10.3. The molecule has 2 amide bonds. The molecule has 0 saturated carbocycles. The molecule has 35 heavy (non-hydrogen) atoms. The highest BCUT2D eigenvalue weighted by atomic mass is 16.5. The first-order chi connectivity index (χ1) is 17.2. The third kappa shape index (κ3) is 7.20. The fourth-order valence-electron chi connectivity index (χ4n) is 3.38. The lowest BCUT2D eigenvalue weighted by Gasteiger charge is -2.13. The van der Waals surface area contributed by atoms with Crippen LogP contribution in [0.15, 0.2) is 109 Å². The van der Waals surface area contributed by atoms with Crippen LogP contribution in [-0.4, -0.2) is 11.8 Å². The van der Waals surface area contributed by atoms with Crippen molar-refractivity contribution in [1.29, 1.82) is 0 Å². The molecule has 0 unspecified atom stereocenters. The number of rotatable bonds is 10. The van der Waals surface area contributed by atoms with Gasteiger partial charge >= 0.3 is 0 Å². The Morgan fingerprint density at radius 3 is 1.31 bits per heavy atom. The Kier molecular flexibility index (Phi) is 8.11. The molecule has 0 aliphatic heterocycles. The van der Waals surface area contributed by atoms with Crippen LogP contribution in [0, 0.1) is 0 Å². The quantitative estimate of drug-likeness (QED) is 0.263. The van der Waals surface area contributed by atoms with Crippen molar-refractivity contribution in [3.63, 3.8) is 0 Å². The molecule has 0 radical (unpaired) electrons. The van der Waals surface area contributed by atoms with Crippen LogP contribution in [0.25, 0.3) is 0 Å². The number of ether oxygens (including phenoxy) is 2. The maximum absolute atomic E-state index is 12.5. The molecule has 4 aromatic carbocycles. The van der Waals surface area contributed by atoms with Crippen molar-refractivity contribution in [2.75, 3.05) is 10.6 Å². The van der Waals surface area contributed by atoms with Crippen LogP contribution < -0.4 is 20.1 Å². The third-order valence-electron chi connectivity index (χ3n) is 5.07. The summed E-state index contributed by atoms with van der Waals surface area (Å²) in [6.07, 6.45) is 0.811. The topological polar surface area (TPSA) is 76.7 Å². The summed E-state index contributed by atoms with van der Waals surface area (Å²) in [7, 11) is 0. The van der Waals surface area contributed by atoms with Gasteiger partial charge in [-0.2, -0.15) is 0 Å². The monoisotopic (exact) mass is 466 g/mol. The van der Waals surface area contributed by atoms with E-state index in [9.17, 15) is 9.59 Å². The summed E-state index contributed by atoms with van der Waals surface area (Å²) in [5.74, 6) is 2.11. The molecule has 0 aromatic heterocycles. The van der Waals surface area contributed by atoms with Gasteiger partial charge in [0.05, 0.1) is 11.4 Å². The number of carbonyl (C=O) groups excluding carboxylic acids is 2. The Morgan fingerprint density at radius 2 is 0.886 bits per heavy atom. The van der Waals surface area contributed by atoms with Gasteiger partial charge in [-0.15, -0.1) is 0 Å². The first-order valence-corrected chi connectivity index (χ1v) is 11.4. The Labute approximate surface area is 204 Å². The van der Waals surface area contributed by atoms with Gasteiger partial charge < -0.3 is 20.1 Å². The summed E-state index contributed by atoms with van der Waals surface area (Å²) < 4.78 is 11.8. The van der Waals surface area contributed by atoms with Crippen molar-refractivity contribution in [3.05, 3.63) is 109 Å². The number of hydrogen-bond donors (Lipinski definition) is 2.